The molecule has 1 heterocycles. The van der Waals surface area contributed by atoms with Gasteiger partial charge in [-0.3, -0.25) is 9.69 Å². The first-order chi connectivity index (χ1) is 12.4. The Bertz CT molecular complexity index is 876. The zero-order valence-corrected chi connectivity index (χ0v) is 16.8. The van der Waals surface area contributed by atoms with Crippen LogP contribution in [0.3, 0.4) is 0 Å². The standard InChI is InChI=1S/C20H18Cl2N2OS/c1-13(2)12-24-19(25)18(11-14-5-3-4-6-17(14)22)26-20(24)23-16-9-7-15(21)8-10-16/h3-11,13H,12H2,1-2H3/b18-11+,23-20?. The van der Waals surface area contributed by atoms with E-state index in [1.165, 1.54) is 11.8 Å². The number of thioether (sulfide) groups is 1. The summed E-state index contributed by atoms with van der Waals surface area (Å²) in [7, 11) is 0. The molecule has 0 unspecified atom stereocenters. The van der Waals surface area contributed by atoms with Crippen LogP contribution in [0.25, 0.3) is 6.08 Å². The van der Waals surface area contributed by atoms with Gasteiger partial charge in [0.25, 0.3) is 5.91 Å². The number of hydrogen-bond acceptors (Lipinski definition) is 3. The Morgan fingerprint density at radius 2 is 1.81 bits per heavy atom. The van der Waals surface area contributed by atoms with Crippen LogP contribution in [0.4, 0.5) is 5.69 Å². The Balaban J connectivity index is 1.97. The Morgan fingerprint density at radius 1 is 1.12 bits per heavy atom. The second kappa shape index (κ2) is 8.30. The van der Waals surface area contributed by atoms with Gasteiger partial charge in [-0.1, -0.05) is 55.2 Å². The summed E-state index contributed by atoms with van der Waals surface area (Å²) in [6, 6.07) is 14.7. The summed E-state index contributed by atoms with van der Waals surface area (Å²) in [6.45, 7) is 4.76. The topological polar surface area (TPSA) is 32.7 Å². The van der Waals surface area contributed by atoms with E-state index in [4.69, 9.17) is 23.2 Å². The van der Waals surface area contributed by atoms with Crippen molar-refractivity contribution < 1.29 is 4.79 Å². The van der Waals surface area contributed by atoms with Gasteiger partial charge in [0.2, 0.25) is 0 Å². The zero-order chi connectivity index (χ0) is 18.7. The SMILES string of the molecule is CC(C)CN1C(=O)/C(=C\c2ccccc2Cl)SC1=Nc1ccc(Cl)cc1. The van der Waals surface area contributed by atoms with E-state index in [2.05, 4.69) is 18.8 Å². The highest BCUT2D eigenvalue weighted by atomic mass is 35.5. The first-order valence-electron chi connectivity index (χ1n) is 8.24. The Morgan fingerprint density at radius 3 is 2.46 bits per heavy atom. The van der Waals surface area contributed by atoms with Gasteiger partial charge in [0, 0.05) is 16.6 Å². The third kappa shape index (κ3) is 4.50. The summed E-state index contributed by atoms with van der Waals surface area (Å²) in [5.41, 5.74) is 1.58. The molecule has 0 aromatic heterocycles. The molecule has 1 aliphatic heterocycles. The largest absolute Gasteiger partial charge is 0.286 e. The van der Waals surface area contributed by atoms with Crippen LogP contribution in [0, 0.1) is 5.92 Å². The van der Waals surface area contributed by atoms with Gasteiger partial charge in [0.1, 0.15) is 0 Å². The lowest BCUT2D eigenvalue weighted by Crippen LogP contribution is -2.32. The summed E-state index contributed by atoms with van der Waals surface area (Å²) < 4.78 is 0. The quantitative estimate of drug-likeness (QED) is 0.563. The minimum atomic E-state index is -0.0451. The van der Waals surface area contributed by atoms with Crippen LogP contribution in [0.2, 0.25) is 10.0 Å². The van der Waals surface area contributed by atoms with Gasteiger partial charge >= 0.3 is 0 Å². The van der Waals surface area contributed by atoms with Crippen molar-refractivity contribution in [2.45, 2.75) is 13.8 Å². The number of halogens is 2. The van der Waals surface area contributed by atoms with E-state index in [0.717, 1.165) is 11.3 Å². The van der Waals surface area contributed by atoms with Crippen LogP contribution < -0.4 is 0 Å². The van der Waals surface area contributed by atoms with Gasteiger partial charge < -0.3 is 0 Å². The van der Waals surface area contributed by atoms with Crippen molar-refractivity contribution in [1.29, 1.82) is 0 Å². The minimum Gasteiger partial charge on any atom is -0.286 e. The molecule has 2 aromatic rings. The predicted octanol–water partition coefficient (Wildman–Crippen LogP) is 6.25. The Kier molecular flexibility index (Phi) is 6.07. The normalized spacial score (nSPS) is 17.7. The zero-order valence-electron chi connectivity index (χ0n) is 14.4. The van der Waals surface area contributed by atoms with Gasteiger partial charge in [-0.2, -0.15) is 0 Å². The molecule has 26 heavy (non-hydrogen) atoms. The smallest absolute Gasteiger partial charge is 0.266 e. The number of amidine groups is 1. The fourth-order valence-electron chi connectivity index (χ4n) is 2.48. The third-order valence-electron chi connectivity index (χ3n) is 3.68. The molecule has 1 saturated heterocycles. The number of hydrogen-bond donors (Lipinski definition) is 0. The molecule has 0 radical (unpaired) electrons. The number of aliphatic imine (C=N–C) groups is 1. The van der Waals surface area contributed by atoms with E-state index in [-0.39, 0.29) is 5.91 Å². The third-order valence-corrected chi connectivity index (χ3v) is 5.28. The molecular formula is C20H18Cl2N2OS. The molecule has 0 atom stereocenters. The summed E-state index contributed by atoms with van der Waals surface area (Å²) in [5.74, 6) is 0.283. The fraction of sp³-hybridized carbons (Fsp3) is 0.200. The summed E-state index contributed by atoms with van der Waals surface area (Å²) >= 11 is 13.5. The van der Waals surface area contributed by atoms with E-state index >= 15 is 0 Å². The summed E-state index contributed by atoms with van der Waals surface area (Å²) in [5, 5.41) is 1.94. The molecule has 3 rings (SSSR count). The second-order valence-electron chi connectivity index (χ2n) is 6.31. The Hall–Kier alpha value is -1.75. The van der Waals surface area contributed by atoms with Crippen molar-refractivity contribution in [3.8, 4) is 0 Å². The van der Waals surface area contributed by atoms with E-state index in [1.807, 2.05) is 42.5 Å². The fourth-order valence-corrected chi connectivity index (χ4v) is 3.79. The molecule has 0 saturated carbocycles. The molecule has 0 aliphatic carbocycles. The van der Waals surface area contributed by atoms with E-state index in [1.54, 1.807) is 17.0 Å². The van der Waals surface area contributed by atoms with Crippen LogP contribution >= 0.6 is 35.0 Å². The highest BCUT2D eigenvalue weighted by Gasteiger charge is 2.33. The lowest BCUT2D eigenvalue weighted by atomic mass is 10.2. The van der Waals surface area contributed by atoms with Gasteiger partial charge in [-0.05, 0) is 59.7 Å². The molecule has 0 bridgehead atoms. The van der Waals surface area contributed by atoms with E-state index < -0.39 is 0 Å². The van der Waals surface area contributed by atoms with Crippen molar-refractivity contribution in [1.82, 2.24) is 4.90 Å². The van der Waals surface area contributed by atoms with Crippen molar-refractivity contribution in [3.05, 3.63) is 69.0 Å². The number of carbonyl (C=O) groups is 1. The Labute approximate surface area is 167 Å². The van der Waals surface area contributed by atoms with Gasteiger partial charge in [0.15, 0.2) is 5.17 Å². The highest BCUT2D eigenvalue weighted by Crippen LogP contribution is 2.35. The van der Waals surface area contributed by atoms with E-state index in [0.29, 0.717) is 32.6 Å². The van der Waals surface area contributed by atoms with Gasteiger partial charge in [-0.15, -0.1) is 0 Å². The summed E-state index contributed by atoms with van der Waals surface area (Å²) in [6.07, 6.45) is 1.83. The molecule has 1 amide bonds. The predicted molar refractivity (Wildman–Crippen MR) is 112 cm³/mol. The molecule has 3 nitrogen and oxygen atoms in total. The lowest BCUT2D eigenvalue weighted by molar-refractivity contribution is -0.122. The molecule has 6 heteroatoms. The number of amides is 1. The maximum absolute atomic E-state index is 12.9. The number of nitrogens with zero attached hydrogens (tertiary/aromatic N) is 2. The number of rotatable bonds is 4. The van der Waals surface area contributed by atoms with Crippen molar-refractivity contribution in [2.75, 3.05) is 6.54 Å². The van der Waals surface area contributed by atoms with Crippen LogP contribution in [-0.4, -0.2) is 22.5 Å². The average molecular weight is 405 g/mol. The van der Waals surface area contributed by atoms with Gasteiger partial charge in [0.05, 0.1) is 10.6 Å². The molecule has 1 fully saturated rings. The van der Waals surface area contributed by atoms with Crippen molar-refractivity contribution in [2.24, 2.45) is 10.9 Å². The molecule has 1 aliphatic rings. The lowest BCUT2D eigenvalue weighted by Gasteiger charge is -2.17. The molecule has 2 aromatic carbocycles. The van der Waals surface area contributed by atoms with Crippen LogP contribution in [0.1, 0.15) is 19.4 Å². The van der Waals surface area contributed by atoms with E-state index in [9.17, 15) is 4.79 Å². The van der Waals surface area contributed by atoms with Crippen molar-refractivity contribution in [3.63, 3.8) is 0 Å². The molecule has 0 N–H and O–H groups in total. The minimum absolute atomic E-state index is 0.0451. The first-order valence-corrected chi connectivity index (χ1v) is 9.81. The number of carbonyl (C=O) groups excluding carboxylic acids is 1. The van der Waals surface area contributed by atoms with Crippen molar-refractivity contribution >= 4 is 57.8 Å². The maximum Gasteiger partial charge on any atom is 0.266 e. The molecular weight excluding hydrogens is 387 g/mol. The monoisotopic (exact) mass is 404 g/mol. The second-order valence-corrected chi connectivity index (χ2v) is 8.17. The number of benzene rings is 2. The van der Waals surface area contributed by atoms with Gasteiger partial charge in [-0.25, -0.2) is 4.99 Å². The first kappa shape index (κ1) is 19.0. The average Bonchev–Trinajstić information content (AvgIpc) is 2.87. The highest BCUT2D eigenvalue weighted by molar-refractivity contribution is 8.18. The molecule has 0 spiro atoms. The van der Waals surface area contributed by atoms with Crippen LogP contribution in [-0.2, 0) is 4.79 Å². The maximum atomic E-state index is 12.9. The molecule has 134 valence electrons. The summed E-state index contributed by atoms with van der Waals surface area (Å²) in [4.78, 5) is 19.9. The van der Waals surface area contributed by atoms with Crippen LogP contribution in [0.15, 0.2) is 58.4 Å². The van der Waals surface area contributed by atoms with Crippen LogP contribution in [0.5, 0.6) is 0 Å².